The molecule has 0 aromatic heterocycles. The van der Waals surface area contributed by atoms with E-state index in [1.54, 1.807) is 6.07 Å². The molecule has 0 aliphatic heterocycles. The van der Waals surface area contributed by atoms with E-state index in [9.17, 15) is 4.39 Å². The van der Waals surface area contributed by atoms with Crippen LogP contribution in [0, 0.1) is 12.4 Å². The van der Waals surface area contributed by atoms with E-state index in [2.05, 4.69) is 20.8 Å². The van der Waals surface area contributed by atoms with Gasteiger partial charge in [-0.25, -0.2) is 11.0 Å². The summed E-state index contributed by atoms with van der Waals surface area (Å²) < 4.78 is 18.4. The summed E-state index contributed by atoms with van der Waals surface area (Å²) in [4.78, 5) is 2.94. The second-order valence-electron chi connectivity index (χ2n) is 2.01. The lowest BCUT2D eigenvalue weighted by Gasteiger charge is -2.00. The zero-order valence-corrected chi connectivity index (χ0v) is 7.64. The Labute approximate surface area is 77.9 Å². The van der Waals surface area contributed by atoms with Crippen molar-refractivity contribution in [2.24, 2.45) is 0 Å². The molecule has 0 atom stereocenters. The smallest absolute Gasteiger partial charge is 0.357 e. The summed E-state index contributed by atoms with van der Waals surface area (Å²) >= 11 is 3.11. The summed E-state index contributed by atoms with van der Waals surface area (Å²) in [6, 6.07) is 4.42. The minimum atomic E-state index is -0.465. The molecule has 0 aliphatic carbocycles. The third kappa shape index (κ3) is 2.21. The Morgan fingerprint density at radius 2 is 2.33 bits per heavy atom. The Kier molecular flexibility index (Phi) is 3.06. The van der Waals surface area contributed by atoms with Crippen LogP contribution in [0.3, 0.4) is 0 Å². The van der Waals surface area contributed by atoms with Gasteiger partial charge in [0.15, 0.2) is 11.6 Å². The van der Waals surface area contributed by atoms with E-state index in [1.807, 2.05) is 0 Å². The first-order valence-electron chi connectivity index (χ1n) is 3.15. The first kappa shape index (κ1) is 9.01. The van der Waals surface area contributed by atoms with Gasteiger partial charge in [-0.3, -0.25) is 4.85 Å². The van der Waals surface area contributed by atoms with E-state index >= 15 is 0 Å². The summed E-state index contributed by atoms with van der Waals surface area (Å²) in [6.07, 6.45) is 0. The van der Waals surface area contributed by atoms with Gasteiger partial charge in [-0.1, -0.05) is 15.9 Å². The van der Waals surface area contributed by atoms with Crippen LogP contribution >= 0.6 is 15.9 Å². The van der Waals surface area contributed by atoms with Crippen LogP contribution in [0.15, 0.2) is 22.7 Å². The molecule has 0 saturated carbocycles. The van der Waals surface area contributed by atoms with E-state index in [0.717, 1.165) is 0 Å². The molecule has 0 bridgehead atoms. The van der Waals surface area contributed by atoms with E-state index in [1.165, 1.54) is 12.1 Å². The Bertz CT molecular complexity index is 321. The number of hydrogen-bond acceptors (Lipinski definition) is 1. The Morgan fingerprint density at radius 1 is 1.58 bits per heavy atom. The molecule has 0 fully saturated rings. The van der Waals surface area contributed by atoms with Crippen LogP contribution < -0.4 is 4.74 Å². The summed E-state index contributed by atoms with van der Waals surface area (Å²) in [5, 5.41) is 0. The van der Waals surface area contributed by atoms with Gasteiger partial charge < -0.3 is 4.74 Å². The normalized spacial score (nSPS) is 9.08. The van der Waals surface area contributed by atoms with Crippen LogP contribution in [0.1, 0.15) is 0 Å². The second-order valence-corrected chi connectivity index (χ2v) is 2.92. The van der Waals surface area contributed by atoms with Crippen LogP contribution in [-0.4, -0.2) is 6.73 Å². The maximum absolute atomic E-state index is 12.9. The fourth-order valence-electron chi connectivity index (χ4n) is 0.694. The van der Waals surface area contributed by atoms with Crippen LogP contribution in [0.5, 0.6) is 5.75 Å². The van der Waals surface area contributed by atoms with E-state index in [4.69, 9.17) is 11.3 Å². The molecule has 1 rings (SSSR count). The third-order valence-electron chi connectivity index (χ3n) is 1.18. The van der Waals surface area contributed by atoms with Gasteiger partial charge in [-0.05, 0) is 18.2 Å². The van der Waals surface area contributed by atoms with Gasteiger partial charge in [0.2, 0.25) is 0 Å². The molecule has 0 spiro atoms. The molecule has 1 aromatic carbocycles. The van der Waals surface area contributed by atoms with Gasteiger partial charge in [-0.15, -0.1) is 0 Å². The number of nitrogens with zero attached hydrogens (tertiary/aromatic N) is 1. The summed E-state index contributed by atoms with van der Waals surface area (Å²) in [5.41, 5.74) is 0. The zero-order valence-electron chi connectivity index (χ0n) is 6.05. The molecule has 0 heterocycles. The summed E-state index contributed by atoms with van der Waals surface area (Å²) in [5.74, 6) is -0.359. The zero-order chi connectivity index (χ0) is 8.97. The lowest BCUT2D eigenvalue weighted by Crippen LogP contribution is -1.93. The SMILES string of the molecule is [C-]#[N+]COc1ccc(Br)cc1F. The Morgan fingerprint density at radius 3 is 2.92 bits per heavy atom. The monoisotopic (exact) mass is 229 g/mol. The van der Waals surface area contributed by atoms with Crippen LogP contribution in [0.4, 0.5) is 4.39 Å². The van der Waals surface area contributed by atoms with Crippen molar-refractivity contribution in [3.05, 3.63) is 39.9 Å². The van der Waals surface area contributed by atoms with Crippen molar-refractivity contribution < 1.29 is 9.13 Å². The fourth-order valence-corrected chi connectivity index (χ4v) is 1.03. The Hall–Kier alpha value is -1.08. The van der Waals surface area contributed by atoms with Gasteiger partial charge in [-0.2, -0.15) is 0 Å². The highest BCUT2D eigenvalue weighted by Crippen LogP contribution is 2.21. The lowest BCUT2D eigenvalue weighted by atomic mass is 10.3. The average molecular weight is 230 g/mol. The van der Waals surface area contributed by atoms with E-state index in [-0.39, 0.29) is 12.5 Å². The first-order valence-corrected chi connectivity index (χ1v) is 3.94. The molecule has 12 heavy (non-hydrogen) atoms. The predicted octanol–water partition coefficient (Wildman–Crippen LogP) is 2.84. The molecule has 0 amide bonds. The van der Waals surface area contributed by atoms with Gasteiger partial charge >= 0.3 is 6.73 Å². The van der Waals surface area contributed by atoms with Crippen LogP contribution in [-0.2, 0) is 0 Å². The highest BCUT2D eigenvalue weighted by molar-refractivity contribution is 9.10. The quantitative estimate of drug-likeness (QED) is 0.712. The molecule has 0 aliphatic rings. The van der Waals surface area contributed by atoms with Gasteiger partial charge in [0.1, 0.15) is 0 Å². The van der Waals surface area contributed by atoms with Gasteiger partial charge in [0.05, 0.1) is 0 Å². The van der Waals surface area contributed by atoms with Gasteiger partial charge in [0.25, 0.3) is 0 Å². The summed E-state index contributed by atoms with van der Waals surface area (Å²) in [7, 11) is 0. The number of ether oxygens (including phenoxy) is 1. The number of hydrogen-bond donors (Lipinski definition) is 0. The minimum Gasteiger partial charge on any atom is -0.423 e. The van der Waals surface area contributed by atoms with Crippen molar-refractivity contribution in [1.82, 2.24) is 0 Å². The second kappa shape index (κ2) is 4.07. The minimum absolute atomic E-state index is 0.106. The molecule has 0 unspecified atom stereocenters. The maximum atomic E-state index is 12.9. The topological polar surface area (TPSA) is 13.6 Å². The van der Waals surface area contributed by atoms with Crippen molar-refractivity contribution >= 4 is 15.9 Å². The molecule has 62 valence electrons. The molecule has 0 N–H and O–H groups in total. The lowest BCUT2D eigenvalue weighted by molar-refractivity contribution is 0.340. The molecular formula is C8H5BrFNO. The molecule has 0 radical (unpaired) electrons. The number of benzene rings is 1. The van der Waals surface area contributed by atoms with Crippen molar-refractivity contribution in [2.45, 2.75) is 0 Å². The fraction of sp³-hybridized carbons (Fsp3) is 0.125. The highest BCUT2D eigenvalue weighted by Gasteiger charge is 2.03. The van der Waals surface area contributed by atoms with Crippen molar-refractivity contribution in [1.29, 1.82) is 0 Å². The summed E-state index contributed by atoms with van der Waals surface area (Å²) in [6.45, 7) is 6.28. The van der Waals surface area contributed by atoms with Crippen molar-refractivity contribution in [2.75, 3.05) is 6.73 Å². The molecule has 0 saturated heterocycles. The van der Waals surface area contributed by atoms with Crippen molar-refractivity contribution in [3.8, 4) is 5.75 Å². The third-order valence-corrected chi connectivity index (χ3v) is 1.67. The van der Waals surface area contributed by atoms with Crippen molar-refractivity contribution in [3.63, 3.8) is 0 Å². The molecule has 4 heteroatoms. The molecule has 2 nitrogen and oxygen atoms in total. The van der Waals surface area contributed by atoms with Crippen LogP contribution in [0.2, 0.25) is 0 Å². The van der Waals surface area contributed by atoms with Gasteiger partial charge in [0, 0.05) is 4.47 Å². The Balaban J connectivity index is 2.81. The van der Waals surface area contributed by atoms with Crippen LogP contribution in [0.25, 0.3) is 4.85 Å². The maximum Gasteiger partial charge on any atom is 0.357 e. The molecular weight excluding hydrogens is 225 g/mol. The number of halogens is 2. The molecule has 1 aromatic rings. The highest BCUT2D eigenvalue weighted by atomic mass is 79.9. The van der Waals surface area contributed by atoms with E-state index < -0.39 is 5.82 Å². The standard InChI is InChI=1S/C8H5BrFNO/c1-11-5-12-8-3-2-6(9)4-7(8)10/h2-4H,5H2. The van der Waals surface area contributed by atoms with E-state index in [0.29, 0.717) is 4.47 Å². The average Bonchev–Trinajstić information content (AvgIpc) is 2.03. The number of rotatable bonds is 2. The predicted molar refractivity (Wildman–Crippen MR) is 46.2 cm³/mol. The first-order chi connectivity index (χ1) is 5.74. The largest absolute Gasteiger partial charge is 0.423 e.